The van der Waals surface area contributed by atoms with Crippen LogP contribution in [0, 0.1) is 11.6 Å². The third kappa shape index (κ3) is 5.38. The first-order valence-corrected chi connectivity index (χ1v) is 12.5. The number of hydrogen-bond acceptors (Lipinski definition) is 4. The Labute approximate surface area is 216 Å². The second-order valence-corrected chi connectivity index (χ2v) is 10.1. The fourth-order valence-electron chi connectivity index (χ4n) is 5.28. The maximum Gasteiger partial charge on any atom is 0.321 e. The van der Waals surface area contributed by atoms with Gasteiger partial charge in [0.15, 0.2) is 0 Å². The quantitative estimate of drug-likeness (QED) is 0.646. The van der Waals surface area contributed by atoms with E-state index in [0.717, 1.165) is 18.2 Å². The van der Waals surface area contributed by atoms with E-state index in [4.69, 9.17) is 0 Å². The van der Waals surface area contributed by atoms with Gasteiger partial charge in [0.05, 0.1) is 13.2 Å². The van der Waals surface area contributed by atoms with E-state index < -0.39 is 23.8 Å². The molecule has 7 nitrogen and oxygen atoms in total. The van der Waals surface area contributed by atoms with Crippen molar-refractivity contribution in [2.45, 2.75) is 24.4 Å². The van der Waals surface area contributed by atoms with Crippen LogP contribution >= 0.6 is 0 Å². The molecular weight excluding hydrogens is 478 g/mol. The predicted octanol–water partition coefficient (Wildman–Crippen LogP) is 3.16. The summed E-state index contributed by atoms with van der Waals surface area (Å²) in [7, 11) is 5.43. The van der Waals surface area contributed by atoms with Crippen LogP contribution in [0.15, 0.2) is 54.6 Å². The van der Waals surface area contributed by atoms with Gasteiger partial charge in [-0.2, -0.15) is 0 Å². The van der Waals surface area contributed by atoms with E-state index in [2.05, 4.69) is 0 Å². The lowest BCUT2D eigenvalue weighted by Crippen LogP contribution is -2.56. The Morgan fingerprint density at radius 2 is 1.73 bits per heavy atom. The molecule has 2 aliphatic heterocycles. The van der Waals surface area contributed by atoms with E-state index in [0.29, 0.717) is 43.6 Å². The Morgan fingerprint density at radius 3 is 2.35 bits per heavy atom. The third-order valence-electron chi connectivity index (χ3n) is 7.36. The number of rotatable bonds is 6. The second kappa shape index (κ2) is 11.0. The van der Waals surface area contributed by atoms with Crippen molar-refractivity contribution < 1.29 is 23.5 Å². The lowest BCUT2D eigenvalue weighted by molar-refractivity contribution is -0.133. The number of likely N-dealkylation sites (N-methyl/N-ethyl adjacent to an activating group) is 1. The minimum Gasteiger partial charge on any atom is -0.393 e. The molecule has 1 N–H and O–H groups in total. The van der Waals surface area contributed by atoms with E-state index in [9.17, 15) is 23.5 Å². The highest BCUT2D eigenvalue weighted by Gasteiger charge is 2.46. The molecule has 0 radical (unpaired) electrons. The Hall–Kier alpha value is -3.30. The summed E-state index contributed by atoms with van der Waals surface area (Å²) >= 11 is 0. The maximum atomic E-state index is 14.7. The average Bonchev–Trinajstić information content (AvgIpc) is 3.30. The standard InChI is InChI=1S/C28H34F2N4O3/c1-31(2)18-26(36)33-13-11-23(12-14-33)32(3)27(37)34-17-20(24-15-22(29)9-10-25(24)30)16-28(34,19-35)21-7-5-4-6-8-21/h4-10,15-16,23,35H,11-14,17-19H2,1-3H3. The van der Waals surface area contributed by atoms with Crippen LogP contribution in [0.1, 0.15) is 24.0 Å². The summed E-state index contributed by atoms with van der Waals surface area (Å²) in [5, 5.41) is 10.7. The molecule has 1 unspecified atom stereocenters. The van der Waals surface area contributed by atoms with Gasteiger partial charge in [-0.15, -0.1) is 0 Å². The first kappa shape index (κ1) is 26.8. The van der Waals surface area contributed by atoms with Gasteiger partial charge in [-0.05, 0) is 62.3 Å². The molecule has 2 aliphatic rings. The Kier molecular flexibility index (Phi) is 7.94. The molecule has 0 spiro atoms. The van der Waals surface area contributed by atoms with Crippen LogP contribution in [0.3, 0.4) is 0 Å². The van der Waals surface area contributed by atoms with E-state index >= 15 is 0 Å². The highest BCUT2D eigenvalue weighted by Crippen LogP contribution is 2.41. The Bertz CT molecular complexity index is 1170. The molecule has 1 atom stereocenters. The molecule has 9 heteroatoms. The Balaban J connectivity index is 1.60. The topological polar surface area (TPSA) is 67.3 Å². The number of carbonyl (C=O) groups is 2. The third-order valence-corrected chi connectivity index (χ3v) is 7.36. The second-order valence-electron chi connectivity index (χ2n) is 10.1. The number of urea groups is 1. The molecule has 2 aromatic rings. The van der Waals surface area contributed by atoms with Crippen LogP contribution in [0.25, 0.3) is 5.57 Å². The number of halogens is 2. The zero-order chi connectivity index (χ0) is 26.7. The van der Waals surface area contributed by atoms with Crippen LogP contribution in [-0.2, 0) is 10.3 Å². The largest absolute Gasteiger partial charge is 0.393 e. The van der Waals surface area contributed by atoms with Crippen molar-refractivity contribution in [2.75, 3.05) is 53.9 Å². The summed E-state index contributed by atoms with van der Waals surface area (Å²) in [5.74, 6) is -1.11. The van der Waals surface area contributed by atoms with Crippen molar-refractivity contribution in [3.63, 3.8) is 0 Å². The van der Waals surface area contributed by atoms with Gasteiger partial charge in [0.25, 0.3) is 0 Å². The molecule has 1 fully saturated rings. The van der Waals surface area contributed by atoms with Gasteiger partial charge in [-0.3, -0.25) is 4.79 Å². The fourth-order valence-corrected chi connectivity index (χ4v) is 5.28. The van der Waals surface area contributed by atoms with Crippen molar-refractivity contribution in [3.05, 3.63) is 77.4 Å². The number of aliphatic hydroxyl groups is 1. The van der Waals surface area contributed by atoms with Gasteiger partial charge in [0.2, 0.25) is 5.91 Å². The molecule has 0 bridgehead atoms. The molecule has 4 rings (SSSR count). The summed E-state index contributed by atoms with van der Waals surface area (Å²) in [4.78, 5) is 33.2. The molecule has 0 saturated carbocycles. The smallest absolute Gasteiger partial charge is 0.321 e. The number of piperidine rings is 1. The highest BCUT2D eigenvalue weighted by atomic mass is 19.1. The lowest BCUT2D eigenvalue weighted by atomic mass is 9.89. The van der Waals surface area contributed by atoms with Crippen molar-refractivity contribution in [2.24, 2.45) is 0 Å². The van der Waals surface area contributed by atoms with Crippen LogP contribution in [0.4, 0.5) is 13.6 Å². The summed E-state index contributed by atoms with van der Waals surface area (Å²) in [6.07, 6.45) is 2.94. The predicted molar refractivity (Wildman–Crippen MR) is 138 cm³/mol. The summed E-state index contributed by atoms with van der Waals surface area (Å²) in [6.45, 7) is 1.04. The van der Waals surface area contributed by atoms with E-state index in [-0.39, 0.29) is 30.1 Å². The number of carbonyl (C=O) groups excluding carboxylic acids is 2. The van der Waals surface area contributed by atoms with E-state index in [1.165, 1.54) is 4.90 Å². The van der Waals surface area contributed by atoms with Gasteiger partial charge >= 0.3 is 6.03 Å². The number of amides is 3. The monoisotopic (exact) mass is 512 g/mol. The van der Waals surface area contributed by atoms with E-state index in [1.54, 1.807) is 18.0 Å². The van der Waals surface area contributed by atoms with Gasteiger partial charge in [-0.25, -0.2) is 13.6 Å². The maximum absolute atomic E-state index is 14.7. The van der Waals surface area contributed by atoms with Gasteiger partial charge in [0.1, 0.15) is 17.2 Å². The number of aliphatic hydroxyl groups excluding tert-OH is 1. The van der Waals surface area contributed by atoms with E-state index in [1.807, 2.05) is 54.2 Å². The highest BCUT2D eigenvalue weighted by molar-refractivity contribution is 5.84. The number of likely N-dealkylation sites (tertiary alicyclic amines) is 1. The van der Waals surface area contributed by atoms with Gasteiger partial charge in [0, 0.05) is 38.3 Å². The van der Waals surface area contributed by atoms with Crippen molar-refractivity contribution in [1.82, 2.24) is 19.6 Å². The van der Waals surface area contributed by atoms with Crippen LogP contribution in [0.2, 0.25) is 0 Å². The minimum atomic E-state index is -1.23. The SMILES string of the molecule is CN(C)CC(=O)N1CCC(N(C)C(=O)N2CC(c3cc(F)ccc3F)=CC2(CO)c2ccccc2)CC1. The van der Waals surface area contributed by atoms with Gasteiger partial charge in [-0.1, -0.05) is 30.3 Å². The van der Waals surface area contributed by atoms with Crippen molar-refractivity contribution in [3.8, 4) is 0 Å². The zero-order valence-corrected chi connectivity index (χ0v) is 21.5. The van der Waals surface area contributed by atoms with Crippen LogP contribution in [0.5, 0.6) is 0 Å². The molecule has 1 saturated heterocycles. The molecule has 198 valence electrons. The van der Waals surface area contributed by atoms with Crippen molar-refractivity contribution in [1.29, 1.82) is 0 Å². The molecule has 3 amide bonds. The molecule has 2 heterocycles. The van der Waals surface area contributed by atoms with Crippen LogP contribution < -0.4 is 0 Å². The summed E-state index contributed by atoms with van der Waals surface area (Å²) in [5.41, 5.74) is -0.0568. The van der Waals surface area contributed by atoms with Crippen LogP contribution in [-0.4, -0.2) is 96.6 Å². The molecule has 0 aromatic heterocycles. The fraction of sp³-hybridized carbons (Fsp3) is 0.429. The first-order valence-electron chi connectivity index (χ1n) is 12.5. The van der Waals surface area contributed by atoms with Gasteiger partial charge < -0.3 is 24.7 Å². The normalized spacial score (nSPS) is 20.4. The van der Waals surface area contributed by atoms with Crippen molar-refractivity contribution >= 4 is 17.5 Å². The molecular formula is C28H34F2N4O3. The number of benzene rings is 2. The zero-order valence-electron chi connectivity index (χ0n) is 21.5. The lowest BCUT2D eigenvalue weighted by Gasteiger charge is -2.43. The molecule has 2 aromatic carbocycles. The molecule has 0 aliphatic carbocycles. The number of nitrogens with zero attached hydrogens (tertiary/aromatic N) is 4. The number of hydrogen-bond donors (Lipinski definition) is 1. The minimum absolute atomic E-state index is 0.0131. The summed E-state index contributed by atoms with van der Waals surface area (Å²) in [6, 6.07) is 11.9. The average molecular weight is 513 g/mol. The first-order chi connectivity index (χ1) is 17.7. The summed E-state index contributed by atoms with van der Waals surface area (Å²) < 4.78 is 28.7. The Morgan fingerprint density at radius 1 is 1.05 bits per heavy atom. The molecule has 37 heavy (non-hydrogen) atoms.